The highest BCUT2D eigenvalue weighted by Crippen LogP contribution is 2.41. The number of aromatic hydroxyl groups is 1. The SMILES string of the molecule is O=C(O)CC/C=C\C[C@@H]1CCN(Cc2cccnc2)[C@@H]1c1cccc(O)c1. The molecule has 1 aliphatic heterocycles. The molecule has 0 aliphatic carbocycles. The average molecular weight is 366 g/mol. The number of phenols is 1. The molecule has 0 amide bonds. The summed E-state index contributed by atoms with van der Waals surface area (Å²) in [5, 5.41) is 18.7. The Bertz CT molecular complexity index is 776. The largest absolute Gasteiger partial charge is 0.508 e. The predicted octanol–water partition coefficient (Wildman–Crippen LogP) is 4.16. The number of hydrogen-bond acceptors (Lipinski definition) is 4. The highest BCUT2D eigenvalue weighted by molar-refractivity contribution is 5.66. The number of nitrogens with zero attached hydrogens (tertiary/aromatic N) is 2. The summed E-state index contributed by atoms with van der Waals surface area (Å²) in [4.78, 5) is 17.3. The van der Waals surface area contributed by atoms with Gasteiger partial charge in [-0.25, -0.2) is 0 Å². The van der Waals surface area contributed by atoms with Gasteiger partial charge in [0, 0.05) is 31.4 Å². The van der Waals surface area contributed by atoms with Crippen LogP contribution in [0.4, 0.5) is 0 Å². The Morgan fingerprint density at radius 3 is 2.89 bits per heavy atom. The van der Waals surface area contributed by atoms with Crippen LogP contribution >= 0.6 is 0 Å². The number of rotatable bonds is 8. The average Bonchev–Trinajstić information content (AvgIpc) is 3.04. The van der Waals surface area contributed by atoms with Crippen molar-refractivity contribution in [3.63, 3.8) is 0 Å². The zero-order chi connectivity index (χ0) is 19.1. The molecule has 2 aromatic rings. The van der Waals surface area contributed by atoms with E-state index in [1.165, 1.54) is 5.56 Å². The molecule has 0 radical (unpaired) electrons. The lowest BCUT2D eigenvalue weighted by Crippen LogP contribution is -2.25. The van der Waals surface area contributed by atoms with E-state index in [2.05, 4.69) is 28.1 Å². The van der Waals surface area contributed by atoms with Crippen LogP contribution in [0.1, 0.15) is 42.9 Å². The molecule has 0 bridgehead atoms. The summed E-state index contributed by atoms with van der Waals surface area (Å²) in [6.45, 7) is 1.82. The molecule has 1 aromatic carbocycles. The summed E-state index contributed by atoms with van der Waals surface area (Å²) in [6, 6.07) is 11.8. The number of phenolic OH excluding ortho intramolecular Hbond substituents is 1. The molecule has 27 heavy (non-hydrogen) atoms. The van der Waals surface area contributed by atoms with Crippen molar-refractivity contribution in [1.82, 2.24) is 9.88 Å². The molecule has 5 nitrogen and oxygen atoms in total. The summed E-state index contributed by atoms with van der Waals surface area (Å²) in [5.41, 5.74) is 2.31. The van der Waals surface area contributed by atoms with E-state index in [0.717, 1.165) is 31.5 Å². The van der Waals surface area contributed by atoms with Gasteiger partial charge in [-0.3, -0.25) is 14.7 Å². The summed E-state index contributed by atoms with van der Waals surface area (Å²) >= 11 is 0. The second-order valence-electron chi connectivity index (χ2n) is 7.06. The van der Waals surface area contributed by atoms with Crippen LogP contribution in [0, 0.1) is 5.92 Å². The maximum atomic E-state index is 10.6. The first-order valence-electron chi connectivity index (χ1n) is 9.42. The van der Waals surface area contributed by atoms with E-state index in [1.807, 2.05) is 30.5 Å². The number of carboxylic acids is 1. The normalized spacial score (nSPS) is 20.3. The number of aromatic nitrogens is 1. The first kappa shape index (κ1) is 19.1. The molecular weight excluding hydrogens is 340 g/mol. The van der Waals surface area contributed by atoms with Crippen LogP contribution in [0.3, 0.4) is 0 Å². The minimum absolute atomic E-state index is 0.171. The third kappa shape index (κ3) is 5.41. The molecule has 2 N–H and O–H groups in total. The van der Waals surface area contributed by atoms with E-state index in [1.54, 1.807) is 12.3 Å². The Hall–Kier alpha value is -2.66. The number of carbonyl (C=O) groups is 1. The molecular formula is C22H26N2O3. The molecule has 1 aliphatic rings. The lowest BCUT2D eigenvalue weighted by molar-refractivity contribution is -0.136. The zero-order valence-electron chi connectivity index (χ0n) is 15.4. The molecule has 2 heterocycles. The highest BCUT2D eigenvalue weighted by Gasteiger charge is 2.34. The smallest absolute Gasteiger partial charge is 0.303 e. The van der Waals surface area contributed by atoms with Crippen molar-refractivity contribution in [3.8, 4) is 5.75 Å². The van der Waals surface area contributed by atoms with Gasteiger partial charge in [0.2, 0.25) is 0 Å². The highest BCUT2D eigenvalue weighted by atomic mass is 16.4. The van der Waals surface area contributed by atoms with Crippen molar-refractivity contribution in [2.45, 2.75) is 38.3 Å². The quantitative estimate of drug-likeness (QED) is 0.686. The number of allylic oxidation sites excluding steroid dienone is 2. The summed E-state index contributed by atoms with van der Waals surface area (Å²) in [5.74, 6) is -0.0400. The van der Waals surface area contributed by atoms with Gasteiger partial charge in [0.05, 0.1) is 0 Å². The van der Waals surface area contributed by atoms with Crippen molar-refractivity contribution < 1.29 is 15.0 Å². The van der Waals surface area contributed by atoms with E-state index in [4.69, 9.17) is 5.11 Å². The molecule has 0 saturated carbocycles. The van der Waals surface area contributed by atoms with E-state index < -0.39 is 5.97 Å². The summed E-state index contributed by atoms with van der Waals surface area (Å²) in [7, 11) is 0. The standard InChI is InChI=1S/C22H26N2O3/c25-20-9-4-8-19(14-20)22-18(7-2-1-3-10-21(26)27)11-13-24(22)16-17-6-5-12-23-15-17/h1-2,4-6,8-9,12,14-15,18,22,25H,3,7,10-11,13,16H2,(H,26,27)/b2-1-/t18-,22+/m1/s1. The fraction of sp³-hybridized carbons (Fsp3) is 0.364. The van der Waals surface area contributed by atoms with Crippen LogP contribution in [0.5, 0.6) is 5.75 Å². The first-order chi connectivity index (χ1) is 13.1. The lowest BCUT2D eigenvalue weighted by atomic mass is 9.90. The number of carboxylic acid groups (broad SMARTS) is 1. The fourth-order valence-corrected chi connectivity index (χ4v) is 3.86. The van der Waals surface area contributed by atoms with E-state index in [-0.39, 0.29) is 18.2 Å². The van der Waals surface area contributed by atoms with Crippen molar-refractivity contribution in [2.75, 3.05) is 6.54 Å². The summed E-state index contributed by atoms with van der Waals surface area (Å²) in [6.07, 6.45) is 10.5. The van der Waals surface area contributed by atoms with E-state index >= 15 is 0 Å². The summed E-state index contributed by atoms with van der Waals surface area (Å²) < 4.78 is 0. The Balaban J connectivity index is 1.73. The van der Waals surface area contributed by atoms with E-state index in [0.29, 0.717) is 12.3 Å². The van der Waals surface area contributed by atoms with Gasteiger partial charge in [-0.1, -0.05) is 30.4 Å². The first-order valence-corrected chi connectivity index (χ1v) is 9.42. The second-order valence-corrected chi connectivity index (χ2v) is 7.06. The molecule has 5 heteroatoms. The van der Waals surface area contributed by atoms with Gasteiger partial charge >= 0.3 is 5.97 Å². The van der Waals surface area contributed by atoms with Gasteiger partial charge in [-0.05, 0) is 61.1 Å². The maximum absolute atomic E-state index is 10.6. The molecule has 2 atom stereocenters. The minimum Gasteiger partial charge on any atom is -0.508 e. The molecule has 0 spiro atoms. The Morgan fingerprint density at radius 1 is 1.26 bits per heavy atom. The van der Waals surface area contributed by atoms with Gasteiger partial charge < -0.3 is 10.2 Å². The molecule has 1 saturated heterocycles. The number of likely N-dealkylation sites (tertiary alicyclic amines) is 1. The van der Waals surface area contributed by atoms with Crippen LogP contribution in [-0.2, 0) is 11.3 Å². The van der Waals surface area contributed by atoms with Crippen LogP contribution in [-0.4, -0.2) is 32.6 Å². The monoisotopic (exact) mass is 366 g/mol. The Kier molecular flexibility index (Phi) is 6.60. The van der Waals surface area contributed by atoms with Gasteiger partial charge in [0.25, 0.3) is 0 Å². The third-order valence-corrected chi connectivity index (χ3v) is 5.08. The van der Waals surface area contributed by atoms with Crippen LogP contribution in [0.15, 0.2) is 60.9 Å². The van der Waals surface area contributed by atoms with Gasteiger partial charge in [0.15, 0.2) is 0 Å². The second kappa shape index (κ2) is 9.33. The predicted molar refractivity (Wildman–Crippen MR) is 104 cm³/mol. The van der Waals surface area contributed by atoms with Crippen molar-refractivity contribution in [1.29, 1.82) is 0 Å². The van der Waals surface area contributed by atoms with Gasteiger partial charge in [0.1, 0.15) is 5.75 Å². The van der Waals surface area contributed by atoms with Gasteiger partial charge in [-0.15, -0.1) is 0 Å². The van der Waals surface area contributed by atoms with E-state index in [9.17, 15) is 9.90 Å². The number of hydrogen-bond donors (Lipinski definition) is 2. The third-order valence-electron chi connectivity index (χ3n) is 5.08. The van der Waals surface area contributed by atoms with Crippen LogP contribution < -0.4 is 0 Å². The van der Waals surface area contributed by atoms with Crippen molar-refractivity contribution in [3.05, 3.63) is 72.1 Å². The molecule has 1 fully saturated rings. The Labute approximate surface area is 160 Å². The van der Waals surface area contributed by atoms with Crippen LogP contribution in [0.25, 0.3) is 0 Å². The topological polar surface area (TPSA) is 73.7 Å². The fourth-order valence-electron chi connectivity index (χ4n) is 3.86. The number of aliphatic carboxylic acids is 1. The molecule has 1 aromatic heterocycles. The van der Waals surface area contributed by atoms with Crippen LogP contribution in [0.2, 0.25) is 0 Å². The van der Waals surface area contributed by atoms with Gasteiger partial charge in [-0.2, -0.15) is 0 Å². The Morgan fingerprint density at radius 2 is 2.15 bits per heavy atom. The van der Waals surface area contributed by atoms with Crippen molar-refractivity contribution in [2.24, 2.45) is 5.92 Å². The van der Waals surface area contributed by atoms with Crippen molar-refractivity contribution >= 4 is 5.97 Å². The number of pyridine rings is 1. The molecule has 0 unspecified atom stereocenters. The minimum atomic E-state index is -0.763. The lowest BCUT2D eigenvalue weighted by Gasteiger charge is -2.28. The molecule has 3 rings (SSSR count). The molecule has 142 valence electrons. The maximum Gasteiger partial charge on any atom is 0.303 e. The zero-order valence-corrected chi connectivity index (χ0v) is 15.4. The number of benzene rings is 1.